The quantitative estimate of drug-likeness (QED) is 0.585. The van der Waals surface area contributed by atoms with Crippen molar-refractivity contribution < 1.29 is 9.92 Å². The van der Waals surface area contributed by atoms with E-state index in [1.54, 1.807) is 12.3 Å². The van der Waals surface area contributed by atoms with E-state index in [1.165, 1.54) is 6.07 Å². The molecule has 2 heterocycles. The molecule has 0 atom stereocenters. The molecule has 7 nitrogen and oxygen atoms in total. The number of hydrogen-bond donors (Lipinski definition) is 0. The second-order valence-corrected chi connectivity index (χ2v) is 4.31. The molecular weight excluding hydrogens is 236 g/mol. The van der Waals surface area contributed by atoms with E-state index >= 15 is 0 Å². The van der Waals surface area contributed by atoms with Gasteiger partial charge in [-0.15, -0.1) is 10.1 Å². The molecule has 0 spiro atoms. The van der Waals surface area contributed by atoms with Crippen LogP contribution in [-0.4, -0.2) is 48.2 Å². The summed E-state index contributed by atoms with van der Waals surface area (Å²) >= 11 is 0. The number of hydrogen-bond acceptors (Lipinski definition) is 6. The Hall–Kier alpha value is -1.89. The molecule has 0 N–H and O–H groups in total. The van der Waals surface area contributed by atoms with Gasteiger partial charge in [-0.25, -0.2) is 4.98 Å². The van der Waals surface area contributed by atoms with Gasteiger partial charge in [0.2, 0.25) is 5.88 Å². The molecule has 2 rings (SSSR count). The lowest BCUT2D eigenvalue weighted by atomic mass is 10.3. The Morgan fingerprint density at radius 3 is 2.83 bits per heavy atom. The minimum absolute atomic E-state index is 0.00990. The normalized spacial score (nSPS) is 17.3. The van der Waals surface area contributed by atoms with Crippen LogP contribution in [0.4, 0.5) is 5.69 Å². The van der Waals surface area contributed by atoms with Crippen molar-refractivity contribution >= 4 is 5.69 Å². The molecule has 1 saturated heterocycles. The van der Waals surface area contributed by atoms with E-state index in [0.717, 1.165) is 38.3 Å². The number of pyridine rings is 1. The van der Waals surface area contributed by atoms with E-state index in [9.17, 15) is 10.1 Å². The summed E-state index contributed by atoms with van der Waals surface area (Å²) in [7, 11) is 2.11. The largest absolute Gasteiger partial charge is 0.369 e. The van der Waals surface area contributed by atoms with Gasteiger partial charge < -0.3 is 9.80 Å². The second kappa shape index (κ2) is 5.63. The first-order valence-electron chi connectivity index (χ1n) is 5.87. The fourth-order valence-electron chi connectivity index (χ4n) is 1.99. The van der Waals surface area contributed by atoms with Crippen molar-refractivity contribution in [1.82, 2.24) is 9.88 Å². The smallest absolute Gasteiger partial charge is 0.301 e. The first-order valence-corrected chi connectivity index (χ1v) is 5.87. The molecule has 7 heteroatoms. The lowest BCUT2D eigenvalue weighted by Gasteiger charge is -2.22. The molecule has 0 aliphatic carbocycles. The summed E-state index contributed by atoms with van der Waals surface area (Å²) in [5, 5.41) is 9.31. The fourth-order valence-corrected chi connectivity index (χ4v) is 1.99. The molecule has 1 fully saturated rings. The molecule has 0 amide bonds. The van der Waals surface area contributed by atoms with E-state index in [2.05, 4.69) is 26.7 Å². The van der Waals surface area contributed by atoms with Crippen LogP contribution in [-0.2, 0) is 0 Å². The Bertz CT molecular complexity index is 409. The van der Waals surface area contributed by atoms with Crippen molar-refractivity contribution in [2.75, 3.05) is 38.1 Å². The molecule has 18 heavy (non-hydrogen) atoms. The number of likely N-dealkylation sites (N-methyl/N-ethyl adjacent to an activating group) is 1. The topological polar surface area (TPSA) is 71.7 Å². The maximum Gasteiger partial charge on any atom is 0.301 e. The summed E-state index contributed by atoms with van der Waals surface area (Å²) in [6.07, 6.45) is 2.72. The van der Waals surface area contributed by atoms with Crippen molar-refractivity contribution in [2.24, 2.45) is 0 Å². The number of nitrogens with zero attached hydrogens (tertiary/aromatic N) is 4. The lowest BCUT2D eigenvalue weighted by Crippen LogP contribution is -2.28. The molecule has 0 radical (unpaired) electrons. The molecule has 1 aromatic heterocycles. The van der Waals surface area contributed by atoms with Crippen molar-refractivity contribution in [3.63, 3.8) is 0 Å². The predicted molar refractivity (Wildman–Crippen MR) is 66.2 cm³/mol. The van der Waals surface area contributed by atoms with E-state index in [-0.39, 0.29) is 5.88 Å². The fraction of sp³-hybridized carbons (Fsp3) is 0.545. The molecule has 1 aliphatic rings. The first kappa shape index (κ1) is 12.6. The van der Waals surface area contributed by atoms with Gasteiger partial charge in [-0.3, -0.25) is 4.84 Å². The minimum Gasteiger partial charge on any atom is -0.369 e. The van der Waals surface area contributed by atoms with Crippen LogP contribution in [0.25, 0.3) is 0 Å². The molecule has 1 aliphatic heterocycles. The lowest BCUT2D eigenvalue weighted by molar-refractivity contribution is -0.712. The summed E-state index contributed by atoms with van der Waals surface area (Å²) in [6, 6.07) is 3.32. The zero-order valence-corrected chi connectivity index (χ0v) is 10.3. The maximum atomic E-state index is 10.2. The van der Waals surface area contributed by atoms with Gasteiger partial charge in [0, 0.05) is 19.6 Å². The van der Waals surface area contributed by atoms with Crippen molar-refractivity contribution in [3.05, 3.63) is 28.4 Å². The van der Waals surface area contributed by atoms with Gasteiger partial charge in [0.05, 0.1) is 11.9 Å². The van der Waals surface area contributed by atoms with Gasteiger partial charge in [0.15, 0.2) is 0 Å². The highest BCUT2D eigenvalue weighted by molar-refractivity contribution is 5.45. The van der Waals surface area contributed by atoms with Gasteiger partial charge in [-0.05, 0) is 32.1 Å². The summed E-state index contributed by atoms with van der Waals surface area (Å²) in [5.41, 5.74) is 0.973. The summed E-state index contributed by atoms with van der Waals surface area (Å²) in [6.45, 7) is 4.01. The van der Waals surface area contributed by atoms with Crippen LogP contribution in [0.1, 0.15) is 6.42 Å². The summed E-state index contributed by atoms with van der Waals surface area (Å²) < 4.78 is 0. The molecule has 1 aromatic rings. The van der Waals surface area contributed by atoms with Crippen molar-refractivity contribution in [2.45, 2.75) is 6.42 Å². The number of rotatable bonds is 3. The van der Waals surface area contributed by atoms with E-state index in [0.29, 0.717) is 0 Å². The predicted octanol–water partition coefficient (Wildman–Crippen LogP) is 0.794. The molecular formula is C11H16N4O3. The second-order valence-electron chi connectivity index (χ2n) is 4.31. The molecule has 98 valence electrons. The molecule has 0 unspecified atom stereocenters. The maximum absolute atomic E-state index is 10.2. The Labute approximate surface area is 105 Å². The zero-order chi connectivity index (χ0) is 13.0. The molecule has 0 bridgehead atoms. The highest BCUT2D eigenvalue weighted by Gasteiger charge is 2.13. The average molecular weight is 252 g/mol. The average Bonchev–Trinajstić information content (AvgIpc) is 2.54. The standard InChI is InChI=1S/C11H16N4O3/c1-13-5-2-6-14(8-7-13)10-3-4-11(12-9-10)18-15(16)17/h3-4,9H,2,5-8H2,1H3. The highest BCUT2D eigenvalue weighted by Crippen LogP contribution is 2.17. The first-order chi connectivity index (χ1) is 8.65. The SMILES string of the molecule is CN1CCCN(c2ccc(O[N+](=O)[O-])nc2)CC1. The Morgan fingerprint density at radius 2 is 2.17 bits per heavy atom. The van der Waals surface area contributed by atoms with E-state index < -0.39 is 5.09 Å². The third kappa shape index (κ3) is 3.30. The highest BCUT2D eigenvalue weighted by atomic mass is 17.0. The Balaban J connectivity index is 2.02. The Kier molecular flexibility index (Phi) is 3.93. The van der Waals surface area contributed by atoms with Gasteiger partial charge >= 0.3 is 5.09 Å². The monoisotopic (exact) mass is 252 g/mol. The van der Waals surface area contributed by atoms with Crippen LogP contribution in [0.3, 0.4) is 0 Å². The summed E-state index contributed by atoms with van der Waals surface area (Å²) in [5.74, 6) is 0.00990. The van der Waals surface area contributed by atoms with E-state index in [4.69, 9.17) is 0 Å². The van der Waals surface area contributed by atoms with E-state index in [1.807, 2.05) is 0 Å². The van der Waals surface area contributed by atoms with Crippen LogP contribution in [0, 0.1) is 10.1 Å². The minimum atomic E-state index is -0.858. The van der Waals surface area contributed by atoms with Gasteiger partial charge in [-0.1, -0.05) is 0 Å². The molecule has 0 saturated carbocycles. The van der Waals surface area contributed by atoms with Gasteiger partial charge in [0.1, 0.15) is 0 Å². The molecule has 0 aromatic carbocycles. The Morgan fingerprint density at radius 1 is 1.33 bits per heavy atom. The van der Waals surface area contributed by atoms with Crippen LogP contribution < -0.4 is 9.74 Å². The third-order valence-electron chi connectivity index (χ3n) is 2.97. The van der Waals surface area contributed by atoms with Crippen molar-refractivity contribution in [3.8, 4) is 5.88 Å². The third-order valence-corrected chi connectivity index (χ3v) is 2.97. The van der Waals surface area contributed by atoms with Crippen LogP contribution in [0.15, 0.2) is 18.3 Å². The van der Waals surface area contributed by atoms with Gasteiger partial charge in [-0.2, -0.15) is 0 Å². The zero-order valence-electron chi connectivity index (χ0n) is 10.3. The van der Waals surface area contributed by atoms with Crippen molar-refractivity contribution in [1.29, 1.82) is 0 Å². The van der Waals surface area contributed by atoms with Crippen LogP contribution in [0.2, 0.25) is 0 Å². The van der Waals surface area contributed by atoms with Crippen LogP contribution >= 0.6 is 0 Å². The summed E-state index contributed by atoms with van der Waals surface area (Å²) in [4.78, 5) is 22.9. The number of anilines is 1. The van der Waals surface area contributed by atoms with Gasteiger partial charge in [0.25, 0.3) is 0 Å². The number of aromatic nitrogens is 1. The van der Waals surface area contributed by atoms with Crippen LogP contribution in [0.5, 0.6) is 5.88 Å².